The highest BCUT2D eigenvalue weighted by Gasteiger charge is 2.44. The number of nitrogens with zero attached hydrogens (tertiary/aromatic N) is 3. The van der Waals surface area contributed by atoms with Gasteiger partial charge in [0.2, 0.25) is 0 Å². The van der Waals surface area contributed by atoms with Gasteiger partial charge in [0.25, 0.3) is 0 Å². The molecule has 21 heavy (non-hydrogen) atoms. The second-order valence-corrected chi connectivity index (χ2v) is 8.48. The monoisotopic (exact) mass is 292 g/mol. The lowest BCUT2D eigenvalue weighted by molar-refractivity contribution is 0.135. The summed E-state index contributed by atoms with van der Waals surface area (Å²) in [7, 11) is 2.29. The Morgan fingerprint density at radius 1 is 0.762 bits per heavy atom. The van der Waals surface area contributed by atoms with Crippen LogP contribution < -0.4 is 5.32 Å². The maximum atomic E-state index is 3.53. The molecule has 1 unspecified atom stereocenters. The van der Waals surface area contributed by atoms with Gasteiger partial charge in [-0.15, -0.1) is 0 Å². The van der Waals surface area contributed by atoms with Crippen molar-refractivity contribution in [2.75, 3.05) is 66.1 Å². The van der Waals surface area contributed by atoms with E-state index in [-0.39, 0.29) is 0 Å². The minimum atomic E-state index is 0.640. The van der Waals surface area contributed by atoms with Gasteiger partial charge in [0.05, 0.1) is 6.67 Å². The van der Waals surface area contributed by atoms with E-state index in [0.717, 1.165) is 0 Å². The first kappa shape index (κ1) is 14.4. The summed E-state index contributed by atoms with van der Waals surface area (Å²) in [6.07, 6.45) is 7.10. The summed E-state index contributed by atoms with van der Waals surface area (Å²) in [4.78, 5) is 8.03. The second-order valence-electron chi connectivity index (χ2n) is 8.48. The number of hydrogen-bond donors (Lipinski definition) is 1. The minimum Gasteiger partial charge on any atom is -0.317 e. The van der Waals surface area contributed by atoms with Crippen molar-refractivity contribution in [1.82, 2.24) is 20.0 Å². The lowest BCUT2D eigenvalue weighted by Gasteiger charge is -2.34. The van der Waals surface area contributed by atoms with Gasteiger partial charge >= 0.3 is 0 Å². The highest BCUT2D eigenvalue weighted by atomic mass is 15.3. The SMILES string of the molecule is CN1CCC2(CCN(CN3CCC4(CCNCC4)C3)C2)C1. The van der Waals surface area contributed by atoms with Gasteiger partial charge in [0.1, 0.15) is 0 Å². The zero-order valence-corrected chi connectivity index (χ0v) is 13.7. The van der Waals surface area contributed by atoms with Crippen LogP contribution in [0.25, 0.3) is 0 Å². The molecule has 2 spiro atoms. The Labute approximate surface area is 129 Å². The van der Waals surface area contributed by atoms with E-state index in [4.69, 9.17) is 0 Å². The fourth-order valence-electron chi connectivity index (χ4n) is 5.44. The van der Waals surface area contributed by atoms with E-state index in [1.807, 2.05) is 0 Å². The maximum absolute atomic E-state index is 3.53. The molecule has 0 aromatic carbocycles. The molecule has 4 fully saturated rings. The van der Waals surface area contributed by atoms with Crippen molar-refractivity contribution in [3.05, 3.63) is 0 Å². The zero-order chi connectivity index (χ0) is 14.3. The van der Waals surface area contributed by atoms with E-state index in [1.54, 1.807) is 0 Å². The van der Waals surface area contributed by atoms with E-state index in [9.17, 15) is 0 Å². The molecule has 4 saturated heterocycles. The van der Waals surface area contributed by atoms with E-state index >= 15 is 0 Å². The standard InChI is InChI=1S/C17H32N4/c1-19-9-4-17(12-19)6-11-21(14-17)15-20-10-5-16(13-20)2-7-18-8-3-16/h18H,2-15H2,1H3. The van der Waals surface area contributed by atoms with Crippen molar-refractivity contribution >= 4 is 0 Å². The van der Waals surface area contributed by atoms with Crippen LogP contribution in [0.1, 0.15) is 32.1 Å². The van der Waals surface area contributed by atoms with Crippen molar-refractivity contribution in [2.24, 2.45) is 10.8 Å². The smallest absolute Gasteiger partial charge is 0.0506 e. The van der Waals surface area contributed by atoms with Crippen LogP contribution in [0.3, 0.4) is 0 Å². The Balaban J connectivity index is 1.30. The van der Waals surface area contributed by atoms with Crippen molar-refractivity contribution in [1.29, 1.82) is 0 Å². The first-order valence-electron chi connectivity index (χ1n) is 9.01. The van der Waals surface area contributed by atoms with E-state index in [1.165, 1.54) is 91.1 Å². The summed E-state index contributed by atoms with van der Waals surface area (Å²) in [5.74, 6) is 0. The molecule has 0 saturated carbocycles. The quantitative estimate of drug-likeness (QED) is 0.821. The average molecular weight is 292 g/mol. The molecule has 0 aliphatic carbocycles. The lowest BCUT2D eigenvalue weighted by Crippen LogP contribution is -2.41. The lowest BCUT2D eigenvalue weighted by atomic mass is 9.78. The van der Waals surface area contributed by atoms with Crippen LogP contribution in [0.2, 0.25) is 0 Å². The molecule has 4 rings (SSSR count). The molecule has 0 radical (unpaired) electrons. The first-order valence-corrected chi connectivity index (χ1v) is 9.01. The molecule has 4 heteroatoms. The van der Waals surface area contributed by atoms with Crippen molar-refractivity contribution in [3.63, 3.8) is 0 Å². The molecular formula is C17H32N4. The van der Waals surface area contributed by atoms with Crippen LogP contribution >= 0.6 is 0 Å². The predicted molar refractivity (Wildman–Crippen MR) is 86.3 cm³/mol. The Morgan fingerprint density at radius 2 is 1.38 bits per heavy atom. The fourth-order valence-corrected chi connectivity index (χ4v) is 5.44. The van der Waals surface area contributed by atoms with Gasteiger partial charge in [-0.05, 0) is 76.2 Å². The molecule has 1 N–H and O–H groups in total. The molecule has 4 aliphatic rings. The molecule has 4 nitrogen and oxygen atoms in total. The van der Waals surface area contributed by atoms with Crippen LogP contribution in [-0.4, -0.2) is 80.8 Å². The van der Waals surface area contributed by atoms with Gasteiger partial charge in [0.15, 0.2) is 0 Å². The molecule has 0 amide bonds. The summed E-state index contributed by atoms with van der Waals surface area (Å²) in [6, 6.07) is 0. The third-order valence-corrected chi connectivity index (χ3v) is 6.73. The van der Waals surface area contributed by atoms with Crippen LogP contribution in [0.4, 0.5) is 0 Å². The van der Waals surface area contributed by atoms with Crippen LogP contribution in [0.15, 0.2) is 0 Å². The molecule has 0 aromatic heterocycles. The Morgan fingerprint density at radius 3 is 2.05 bits per heavy atom. The summed E-state index contributed by atoms with van der Waals surface area (Å²) in [6.45, 7) is 11.7. The second kappa shape index (κ2) is 5.48. The zero-order valence-electron chi connectivity index (χ0n) is 13.7. The van der Waals surface area contributed by atoms with Gasteiger partial charge < -0.3 is 10.2 Å². The highest BCUT2D eigenvalue weighted by molar-refractivity contribution is 4.97. The number of rotatable bonds is 2. The predicted octanol–water partition coefficient (Wildman–Crippen LogP) is 1.05. The van der Waals surface area contributed by atoms with E-state index in [2.05, 4.69) is 27.1 Å². The third kappa shape index (κ3) is 2.88. The van der Waals surface area contributed by atoms with Gasteiger partial charge in [-0.3, -0.25) is 9.80 Å². The molecule has 1 atom stereocenters. The average Bonchev–Trinajstić information content (AvgIpc) is 3.14. The molecule has 4 heterocycles. The third-order valence-electron chi connectivity index (χ3n) is 6.73. The topological polar surface area (TPSA) is 21.8 Å². The van der Waals surface area contributed by atoms with Crippen LogP contribution in [-0.2, 0) is 0 Å². The summed E-state index contributed by atoms with van der Waals surface area (Å²) < 4.78 is 0. The summed E-state index contributed by atoms with van der Waals surface area (Å²) in [5.41, 5.74) is 1.30. The maximum Gasteiger partial charge on any atom is 0.0506 e. The summed E-state index contributed by atoms with van der Waals surface area (Å²) >= 11 is 0. The minimum absolute atomic E-state index is 0.640. The van der Waals surface area contributed by atoms with E-state index < -0.39 is 0 Å². The van der Waals surface area contributed by atoms with E-state index in [0.29, 0.717) is 10.8 Å². The van der Waals surface area contributed by atoms with Gasteiger partial charge in [0, 0.05) is 26.2 Å². The number of likely N-dealkylation sites (tertiary alicyclic amines) is 3. The van der Waals surface area contributed by atoms with Crippen molar-refractivity contribution in [3.8, 4) is 0 Å². The Hall–Kier alpha value is -0.160. The van der Waals surface area contributed by atoms with Crippen molar-refractivity contribution < 1.29 is 0 Å². The number of hydrogen-bond acceptors (Lipinski definition) is 4. The molecule has 0 aromatic rings. The molecule has 120 valence electrons. The number of nitrogens with one attached hydrogen (secondary N) is 1. The molecular weight excluding hydrogens is 260 g/mol. The Bertz CT molecular complexity index is 359. The molecule has 0 bridgehead atoms. The highest BCUT2D eigenvalue weighted by Crippen LogP contribution is 2.41. The first-order chi connectivity index (χ1) is 10.2. The summed E-state index contributed by atoms with van der Waals surface area (Å²) in [5, 5.41) is 3.53. The fraction of sp³-hybridized carbons (Fsp3) is 1.00. The Kier molecular flexibility index (Phi) is 3.77. The molecule has 4 aliphatic heterocycles. The van der Waals surface area contributed by atoms with Gasteiger partial charge in [-0.25, -0.2) is 0 Å². The van der Waals surface area contributed by atoms with Gasteiger partial charge in [-0.1, -0.05) is 0 Å². The normalized spacial score (nSPS) is 38.1. The van der Waals surface area contributed by atoms with Crippen LogP contribution in [0.5, 0.6) is 0 Å². The van der Waals surface area contributed by atoms with Crippen molar-refractivity contribution in [2.45, 2.75) is 32.1 Å². The number of piperidine rings is 1. The van der Waals surface area contributed by atoms with Crippen LogP contribution in [0, 0.1) is 10.8 Å². The largest absolute Gasteiger partial charge is 0.317 e. The van der Waals surface area contributed by atoms with Gasteiger partial charge in [-0.2, -0.15) is 0 Å².